The molecule has 2 aromatic heterocycles. The second-order valence-electron chi connectivity index (χ2n) is 8.43. The lowest BCUT2D eigenvalue weighted by molar-refractivity contribution is -0.113. The number of hydrogen-bond donors (Lipinski definition) is 2. The Kier molecular flexibility index (Phi) is 8.75. The van der Waals surface area contributed by atoms with E-state index >= 15 is 0 Å². The van der Waals surface area contributed by atoms with Gasteiger partial charge in [0, 0.05) is 7.05 Å². The third-order valence-corrected chi connectivity index (χ3v) is 7.37. The highest BCUT2D eigenvalue weighted by molar-refractivity contribution is 7.99. The minimum absolute atomic E-state index is 0.00530. The van der Waals surface area contributed by atoms with E-state index in [4.69, 9.17) is 15.2 Å². The molecule has 2 amide bonds. The number of primary amides is 1. The number of esters is 1. The zero-order valence-electron chi connectivity index (χ0n) is 21.0. The topological polar surface area (TPSA) is 138 Å². The standard InChI is InChI=1S/C24H29N5O5S2/c1-12(2)34-23(32)19-15(5)20(21(25)31)36-22(19)26-18(30)11-35-24-28-27-17(29(24)6)10-33-16-9-13(3)7-8-14(16)4/h7-9,12H,10-11H2,1-6H3,(H2,25,31)(H,26,30). The van der Waals surface area contributed by atoms with E-state index in [9.17, 15) is 14.4 Å². The first-order valence-corrected chi connectivity index (χ1v) is 12.9. The van der Waals surface area contributed by atoms with Crippen LogP contribution in [0.4, 0.5) is 5.00 Å². The quantitative estimate of drug-likeness (QED) is 0.298. The fourth-order valence-corrected chi connectivity index (χ4v) is 5.04. The number of carbonyl (C=O) groups excluding carboxylic acids is 3. The third-order valence-electron chi connectivity index (χ3n) is 5.13. The summed E-state index contributed by atoms with van der Waals surface area (Å²) in [5.41, 5.74) is 8.06. The number of thioether (sulfide) groups is 1. The van der Waals surface area contributed by atoms with Gasteiger partial charge in [0.2, 0.25) is 5.91 Å². The zero-order chi connectivity index (χ0) is 26.6. The van der Waals surface area contributed by atoms with Gasteiger partial charge in [0.25, 0.3) is 5.91 Å². The smallest absolute Gasteiger partial charge is 0.341 e. The highest BCUT2D eigenvalue weighted by Crippen LogP contribution is 2.34. The molecule has 2 heterocycles. The van der Waals surface area contributed by atoms with E-state index in [1.165, 1.54) is 11.8 Å². The monoisotopic (exact) mass is 531 g/mol. The molecule has 0 unspecified atom stereocenters. The van der Waals surface area contributed by atoms with Crippen molar-refractivity contribution >= 4 is 45.9 Å². The predicted molar refractivity (Wildman–Crippen MR) is 139 cm³/mol. The number of anilines is 1. The van der Waals surface area contributed by atoms with Crippen molar-refractivity contribution in [1.29, 1.82) is 0 Å². The Labute approximate surface area is 217 Å². The fraction of sp³-hybridized carbons (Fsp3) is 0.375. The number of aryl methyl sites for hydroxylation is 2. The number of aromatic nitrogens is 3. The predicted octanol–water partition coefficient (Wildman–Crippen LogP) is 3.78. The van der Waals surface area contributed by atoms with Crippen molar-refractivity contribution in [1.82, 2.24) is 14.8 Å². The van der Waals surface area contributed by atoms with Crippen molar-refractivity contribution in [2.24, 2.45) is 12.8 Å². The summed E-state index contributed by atoms with van der Waals surface area (Å²) in [5, 5.41) is 11.8. The van der Waals surface area contributed by atoms with Gasteiger partial charge in [-0.3, -0.25) is 9.59 Å². The molecule has 192 valence electrons. The second kappa shape index (κ2) is 11.6. The number of carbonyl (C=O) groups is 3. The van der Waals surface area contributed by atoms with Crippen LogP contribution in [-0.4, -0.2) is 44.4 Å². The van der Waals surface area contributed by atoms with Crippen LogP contribution in [0.5, 0.6) is 5.75 Å². The first-order chi connectivity index (χ1) is 17.0. The Balaban J connectivity index is 1.66. The molecular formula is C24H29N5O5S2. The molecule has 0 saturated heterocycles. The van der Waals surface area contributed by atoms with E-state index in [2.05, 4.69) is 15.5 Å². The molecule has 3 N–H and O–H groups in total. The molecule has 0 atom stereocenters. The minimum Gasteiger partial charge on any atom is -0.485 e. The van der Waals surface area contributed by atoms with E-state index in [-0.39, 0.29) is 39.8 Å². The van der Waals surface area contributed by atoms with E-state index in [0.29, 0.717) is 16.5 Å². The molecule has 3 rings (SSSR count). The van der Waals surface area contributed by atoms with Gasteiger partial charge in [0.1, 0.15) is 17.4 Å². The Morgan fingerprint density at radius 1 is 1.19 bits per heavy atom. The summed E-state index contributed by atoms with van der Waals surface area (Å²) in [5.74, 6) is -0.299. The van der Waals surface area contributed by atoms with Gasteiger partial charge in [-0.15, -0.1) is 21.5 Å². The fourth-order valence-electron chi connectivity index (χ4n) is 3.25. The van der Waals surface area contributed by atoms with Crippen LogP contribution in [0.15, 0.2) is 23.4 Å². The summed E-state index contributed by atoms with van der Waals surface area (Å²) in [7, 11) is 1.80. The molecule has 0 fully saturated rings. The molecule has 1 aromatic carbocycles. The normalized spacial score (nSPS) is 11.0. The molecule has 0 spiro atoms. The van der Waals surface area contributed by atoms with Gasteiger partial charge >= 0.3 is 5.97 Å². The Morgan fingerprint density at radius 3 is 2.58 bits per heavy atom. The second-order valence-corrected chi connectivity index (χ2v) is 10.4. The van der Waals surface area contributed by atoms with E-state index in [0.717, 1.165) is 28.2 Å². The number of rotatable bonds is 10. The summed E-state index contributed by atoms with van der Waals surface area (Å²) < 4.78 is 12.9. The van der Waals surface area contributed by atoms with Crippen LogP contribution in [0.25, 0.3) is 0 Å². The number of nitrogens with two attached hydrogens (primary N) is 1. The van der Waals surface area contributed by atoms with Crippen molar-refractivity contribution in [3.05, 3.63) is 51.2 Å². The van der Waals surface area contributed by atoms with E-state index in [1.807, 2.05) is 32.0 Å². The highest BCUT2D eigenvalue weighted by atomic mass is 32.2. The lowest BCUT2D eigenvalue weighted by Crippen LogP contribution is -2.18. The van der Waals surface area contributed by atoms with Gasteiger partial charge in [0.05, 0.1) is 22.3 Å². The van der Waals surface area contributed by atoms with Gasteiger partial charge in [-0.2, -0.15) is 0 Å². The van der Waals surface area contributed by atoms with Gasteiger partial charge < -0.3 is 25.1 Å². The maximum atomic E-state index is 12.7. The minimum atomic E-state index is -0.680. The molecule has 3 aromatic rings. The molecule has 0 aliphatic rings. The zero-order valence-corrected chi connectivity index (χ0v) is 22.6. The largest absolute Gasteiger partial charge is 0.485 e. The molecule has 0 aliphatic heterocycles. The Morgan fingerprint density at radius 2 is 1.92 bits per heavy atom. The lowest BCUT2D eigenvalue weighted by atomic mass is 10.1. The number of nitrogens with one attached hydrogen (secondary N) is 1. The molecular weight excluding hydrogens is 502 g/mol. The van der Waals surface area contributed by atoms with Crippen LogP contribution >= 0.6 is 23.1 Å². The first-order valence-electron chi connectivity index (χ1n) is 11.1. The number of nitrogens with zero attached hydrogens (tertiary/aromatic N) is 3. The lowest BCUT2D eigenvalue weighted by Gasteiger charge is -2.10. The number of benzene rings is 1. The van der Waals surface area contributed by atoms with Crippen LogP contribution < -0.4 is 15.8 Å². The number of amides is 2. The molecule has 36 heavy (non-hydrogen) atoms. The van der Waals surface area contributed by atoms with Crippen molar-refractivity contribution in [3.8, 4) is 5.75 Å². The van der Waals surface area contributed by atoms with E-state index in [1.54, 1.807) is 32.4 Å². The first kappa shape index (κ1) is 27.2. The van der Waals surface area contributed by atoms with Crippen LogP contribution in [-0.2, 0) is 23.2 Å². The molecule has 0 radical (unpaired) electrons. The maximum Gasteiger partial charge on any atom is 0.341 e. The van der Waals surface area contributed by atoms with Crippen LogP contribution in [0.3, 0.4) is 0 Å². The summed E-state index contributed by atoms with van der Waals surface area (Å²) in [6, 6.07) is 5.98. The van der Waals surface area contributed by atoms with Gasteiger partial charge in [-0.05, 0) is 57.4 Å². The summed E-state index contributed by atoms with van der Waals surface area (Å²) in [6.07, 6.45) is -0.364. The molecule has 12 heteroatoms. The summed E-state index contributed by atoms with van der Waals surface area (Å²) in [4.78, 5) is 37.3. The Bertz CT molecular complexity index is 1300. The average molecular weight is 532 g/mol. The van der Waals surface area contributed by atoms with Gasteiger partial charge in [0.15, 0.2) is 11.0 Å². The van der Waals surface area contributed by atoms with Crippen LogP contribution in [0.2, 0.25) is 0 Å². The van der Waals surface area contributed by atoms with Gasteiger partial charge in [-0.25, -0.2) is 4.79 Å². The Hall–Kier alpha value is -3.38. The van der Waals surface area contributed by atoms with Crippen molar-refractivity contribution in [2.45, 2.75) is 52.5 Å². The molecule has 0 aliphatic carbocycles. The van der Waals surface area contributed by atoms with Crippen molar-refractivity contribution < 1.29 is 23.9 Å². The van der Waals surface area contributed by atoms with Crippen LogP contribution in [0, 0.1) is 20.8 Å². The SMILES string of the molecule is Cc1ccc(C)c(OCc2nnc(SCC(=O)Nc3sc(C(N)=O)c(C)c3C(=O)OC(C)C)n2C)c1. The molecule has 0 bridgehead atoms. The summed E-state index contributed by atoms with van der Waals surface area (Å²) in [6.45, 7) is 9.22. The van der Waals surface area contributed by atoms with Crippen molar-refractivity contribution in [3.63, 3.8) is 0 Å². The van der Waals surface area contributed by atoms with Crippen LogP contribution in [0.1, 0.15) is 56.4 Å². The number of ether oxygens (including phenoxy) is 2. The number of thiophene rings is 1. The van der Waals surface area contributed by atoms with Crippen molar-refractivity contribution in [2.75, 3.05) is 11.1 Å². The van der Waals surface area contributed by atoms with Gasteiger partial charge in [-0.1, -0.05) is 23.9 Å². The maximum absolute atomic E-state index is 12.7. The summed E-state index contributed by atoms with van der Waals surface area (Å²) >= 11 is 2.13. The molecule has 10 nitrogen and oxygen atoms in total. The van der Waals surface area contributed by atoms with E-state index < -0.39 is 11.9 Å². The number of hydrogen-bond acceptors (Lipinski definition) is 9. The third kappa shape index (κ3) is 6.43. The average Bonchev–Trinajstić information content (AvgIpc) is 3.31. The highest BCUT2D eigenvalue weighted by Gasteiger charge is 2.26. The molecule has 0 saturated carbocycles.